The van der Waals surface area contributed by atoms with E-state index < -0.39 is 0 Å². The number of nitrogens with zero attached hydrogens (tertiary/aromatic N) is 1. The van der Waals surface area contributed by atoms with Gasteiger partial charge in [-0.05, 0) is 36.1 Å². The van der Waals surface area contributed by atoms with E-state index in [2.05, 4.69) is 60.2 Å². The molecular formula is C9H7BrIN. The Labute approximate surface area is 93.9 Å². The van der Waals surface area contributed by atoms with E-state index in [1.54, 1.807) is 0 Å². The van der Waals surface area contributed by atoms with Crippen molar-refractivity contribution in [2.45, 2.75) is 12.8 Å². The first-order chi connectivity index (χ1) is 5.81. The van der Waals surface area contributed by atoms with Crippen LogP contribution in [-0.4, -0.2) is 5.71 Å². The molecule has 1 aromatic carbocycles. The first-order valence-corrected chi connectivity index (χ1v) is 5.53. The molecule has 62 valence electrons. The third-order valence-corrected chi connectivity index (χ3v) is 3.19. The van der Waals surface area contributed by atoms with Crippen LogP contribution in [0, 0.1) is 0 Å². The quantitative estimate of drug-likeness (QED) is 0.643. The Morgan fingerprint density at radius 1 is 1.33 bits per heavy atom. The summed E-state index contributed by atoms with van der Waals surface area (Å²) in [4.78, 5) is 0. The molecule has 3 heteroatoms. The van der Waals surface area contributed by atoms with E-state index in [1.807, 2.05) is 0 Å². The molecule has 2 rings (SSSR count). The smallest absolute Gasteiger partial charge is 0.0834 e. The molecule has 0 N–H and O–H groups in total. The van der Waals surface area contributed by atoms with Gasteiger partial charge in [0.05, 0.1) is 28.6 Å². The van der Waals surface area contributed by atoms with Gasteiger partial charge < -0.3 is 0 Å². The predicted octanol–water partition coefficient (Wildman–Crippen LogP) is 3.53. The molecule has 0 saturated carbocycles. The van der Waals surface area contributed by atoms with Crippen molar-refractivity contribution in [2.24, 2.45) is 3.21 Å². The number of fused-ring (bicyclic) bond motifs is 1. The fourth-order valence-electron chi connectivity index (χ4n) is 1.53. The summed E-state index contributed by atoms with van der Waals surface area (Å²) in [6, 6.07) is 6.40. The maximum atomic E-state index is 4.23. The van der Waals surface area contributed by atoms with Gasteiger partial charge in [-0.15, -0.1) is 0 Å². The van der Waals surface area contributed by atoms with Gasteiger partial charge in [0, 0.05) is 4.47 Å². The molecule has 0 saturated heterocycles. The molecule has 1 aliphatic carbocycles. The van der Waals surface area contributed by atoms with Crippen LogP contribution in [0.4, 0.5) is 0 Å². The average molecular weight is 336 g/mol. The van der Waals surface area contributed by atoms with Gasteiger partial charge in [0.1, 0.15) is 0 Å². The Morgan fingerprint density at radius 3 is 2.92 bits per heavy atom. The zero-order valence-corrected chi connectivity index (χ0v) is 10.1. The minimum atomic E-state index is 1.09. The lowest BCUT2D eigenvalue weighted by Crippen LogP contribution is -1.91. The number of rotatable bonds is 0. The lowest BCUT2D eigenvalue weighted by Gasteiger charge is -1.98. The minimum Gasteiger partial charge on any atom is -0.219 e. The van der Waals surface area contributed by atoms with Crippen LogP contribution in [0.3, 0.4) is 0 Å². The maximum absolute atomic E-state index is 4.23. The third kappa shape index (κ3) is 1.44. The van der Waals surface area contributed by atoms with Crippen LogP contribution in [0.1, 0.15) is 17.5 Å². The Hall–Kier alpha value is 0.1000. The molecular weight excluding hydrogens is 329 g/mol. The molecule has 0 spiro atoms. The highest BCUT2D eigenvalue weighted by Crippen LogP contribution is 2.26. The highest BCUT2D eigenvalue weighted by molar-refractivity contribution is 14.1. The van der Waals surface area contributed by atoms with Crippen molar-refractivity contribution in [3.63, 3.8) is 0 Å². The molecule has 0 aliphatic heterocycles. The second-order valence-electron chi connectivity index (χ2n) is 2.83. The molecule has 0 aromatic heterocycles. The van der Waals surface area contributed by atoms with E-state index in [-0.39, 0.29) is 0 Å². The molecule has 1 aromatic rings. The molecule has 0 radical (unpaired) electrons. The molecule has 0 fully saturated rings. The van der Waals surface area contributed by atoms with Crippen molar-refractivity contribution in [1.82, 2.24) is 0 Å². The first kappa shape index (κ1) is 8.69. The summed E-state index contributed by atoms with van der Waals surface area (Å²) in [6.07, 6.45) is 2.23. The van der Waals surface area contributed by atoms with Crippen LogP contribution in [0.5, 0.6) is 0 Å². The SMILES string of the molecule is Brc1ccc2c(c1)CC/C2=N\I. The first-order valence-electron chi connectivity index (χ1n) is 3.78. The van der Waals surface area contributed by atoms with Crippen LogP contribution in [0.2, 0.25) is 0 Å². The van der Waals surface area contributed by atoms with Crippen molar-refractivity contribution in [2.75, 3.05) is 0 Å². The number of hydrogen-bond acceptors (Lipinski definition) is 1. The van der Waals surface area contributed by atoms with E-state index >= 15 is 0 Å². The van der Waals surface area contributed by atoms with Crippen molar-refractivity contribution < 1.29 is 0 Å². The highest BCUT2D eigenvalue weighted by Gasteiger charge is 2.16. The molecule has 1 aliphatic rings. The lowest BCUT2D eigenvalue weighted by molar-refractivity contribution is 1.09. The van der Waals surface area contributed by atoms with Crippen LogP contribution in [0.25, 0.3) is 0 Å². The van der Waals surface area contributed by atoms with E-state index in [4.69, 9.17) is 0 Å². The summed E-state index contributed by atoms with van der Waals surface area (Å²) in [5, 5.41) is 0. The Kier molecular flexibility index (Phi) is 2.50. The summed E-state index contributed by atoms with van der Waals surface area (Å²) >= 11 is 5.54. The Balaban J connectivity index is 2.55. The van der Waals surface area contributed by atoms with Gasteiger partial charge in [0.15, 0.2) is 0 Å². The van der Waals surface area contributed by atoms with Crippen LogP contribution in [-0.2, 0) is 6.42 Å². The largest absolute Gasteiger partial charge is 0.219 e. The van der Waals surface area contributed by atoms with Crippen molar-refractivity contribution in [3.8, 4) is 0 Å². The predicted molar refractivity (Wildman–Crippen MR) is 63.0 cm³/mol. The topological polar surface area (TPSA) is 12.4 Å². The second kappa shape index (κ2) is 3.46. The monoisotopic (exact) mass is 335 g/mol. The molecule has 0 unspecified atom stereocenters. The van der Waals surface area contributed by atoms with E-state index in [0.29, 0.717) is 0 Å². The second-order valence-corrected chi connectivity index (χ2v) is 4.23. The van der Waals surface area contributed by atoms with Crippen LogP contribution >= 0.6 is 38.8 Å². The Bertz CT molecular complexity index is 346. The zero-order chi connectivity index (χ0) is 8.55. The summed E-state index contributed by atoms with van der Waals surface area (Å²) in [5.74, 6) is 0. The standard InChI is InChI=1S/C9H7BrIN/c10-7-2-3-8-6(5-7)1-4-9(8)12-11/h2-3,5H,1,4H2/b12-9+. The molecule has 1 nitrogen and oxygen atoms in total. The van der Waals surface area contributed by atoms with Gasteiger partial charge in [0.2, 0.25) is 0 Å². The number of halogens is 2. The molecule has 0 amide bonds. The molecule has 12 heavy (non-hydrogen) atoms. The van der Waals surface area contributed by atoms with E-state index in [0.717, 1.165) is 17.3 Å². The van der Waals surface area contributed by atoms with Gasteiger partial charge >= 0.3 is 0 Å². The number of benzene rings is 1. The van der Waals surface area contributed by atoms with Crippen LogP contribution in [0.15, 0.2) is 25.9 Å². The fraction of sp³-hybridized carbons (Fsp3) is 0.222. The molecule has 0 heterocycles. The average Bonchev–Trinajstić information content (AvgIpc) is 2.46. The van der Waals surface area contributed by atoms with Crippen molar-refractivity contribution in [1.29, 1.82) is 0 Å². The maximum Gasteiger partial charge on any atom is 0.0834 e. The molecule has 0 atom stereocenters. The third-order valence-electron chi connectivity index (χ3n) is 2.11. The summed E-state index contributed by atoms with van der Waals surface area (Å²) in [5.41, 5.74) is 3.98. The number of aryl methyl sites for hydroxylation is 1. The zero-order valence-electron chi connectivity index (χ0n) is 6.35. The fourth-order valence-corrected chi connectivity index (χ4v) is 2.44. The summed E-state index contributed by atoms with van der Waals surface area (Å²) in [6.45, 7) is 0. The Morgan fingerprint density at radius 2 is 2.17 bits per heavy atom. The molecule has 0 bridgehead atoms. The summed E-state index contributed by atoms with van der Waals surface area (Å²) < 4.78 is 5.39. The normalized spacial score (nSPS) is 18.3. The van der Waals surface area contributed by atoms with Crippen molar-refractivity contribution >= 4 is 44.5 Å². The van der Waals surface area contributed by atoms with E-state index in [9.17, 15) is 0 Å². The van der Waals surface area contributed by atoms with Crippen LogP contribution < -0.4 is 0 Å². The van der Waals surface area contributed by atoms with Gasteiger partial charge in [-0.1, -0.05) is 22.0 Å². The highest BCUT2D eigenvalue weighted by atomic mass is 127. The van der Waals surface area contributed by atoms with Gasteiger partial charge in [-0.25, -0.2) is 3.21 Å². The minimum absolute atomic E-state index is 1.09. The lowest BCUT2D eigenvalue weighted by atomic mass is 10.1. The van der Waals surface area contributed by atoms with Crippen molar-refractivity contribution in [3.05, 3.63) is 33.8 Å². The van der Waals surface area contributed by atoms with E-state index in [1.165, 1.54) is 16.8 Å². The van der Waals surface area contributed by atoms with Gasteiger partial charge in [-0.3, -0.25) is 0 Å². The van der Waals surface area contributed by atoms with Gasteiger partial charge in [-0.2, -0.15) is 0 Å². The summed E-state index contributed by atoms with van der Waals surface area (Å²) in [7, 11) is 0. The van der Waals surface area contributed by atoms with Gasteiger partial charge in [0.25, 0.3) is 0 Å². The number of hydrogen-bond donors (Lipinski definition) is 0.